The summed E-state index contributed by atoms with van der Waals surface area (Å²) in [7, 11) is 0. The van der Waals surface area contributed by atoms with Crippen LogP contribution in [-0.2, 0) is 0 Å². The van der Waals surface area contributed by atoms with Gasteiger partial charge >= 0.3 is 0 Å². The molecule has 0 saturated heterocycles. The Bertz CT molecular complexity index is 230. The van der Waals surface area contributed by atoms with Crippen LogP contribution in [0.1, 0.15) is 13.3 Å². The van der Waals surface area contributed by atoms with E-state index in [1.165, 1.54) is 0 Å². The van der Waals surface area contributed by atoms with Crippen molar-refractivity contribution in [3.8, 4) is 5.75 Å². The molecule has 12 heavy (non-hydrogen) atoms. The van der Waals surface area contributed by atoms with Gasteiger partial charge in [0.25, 0.3) is 0 Å². The van der Waals surface area contributed by atoms with Crippen LogP contribution in [0.5, 0.6) is 5.75 Å². The maximum absolute atomic E-state index is 5.71. The standard InChI is InChI=1S/C10H12ClO/c1-3-8(2)12-10-6-4-9(11)5-7-10/h4-8H,2-3H2,1H3. The van der Waals surface area contributed by atoms with Crippen LogP contribution in [0.3, 0.4) is 0 Å². The van der Waals surface area contributed by atoms with Gasteiger partial charge in [-0.25, -0.2) is 0 Å². The van der Waals surface area contributed by atoms with Crippen molar-refractivity contribution >= 4 is 11.6 Å². The lowest BCUT2D eigenvalue weighted by Crippen LogP contribution is -2.09. The van der Waals surface area contributed by atoms with E-state index in [1.807, 2.05) is 19.1 Å². The van der Waals surface area contributed by atoms with Crippen molar-refractivity contribution in [1.82, 2.24) is 0 Å². The second-order valence-electron chi connectivity index (χ2n) is 2.60. The molecular formula is C10H12ClO. The molecule has 1 aromatic carbocycles. The first-order valence-electron chi connectivity index (χ1n) is 3.97. The van der Waals surface area contributed by atoms with Gasteiger partial charge in [-0.2, -0.15) is 0 Å². The van der Waals surface area contributed by atoms with Crippen LogP contribution in [0.15, 0.2) is 24.3 Å². The van der Waals surface area contributed by atoms with E-state index in [0.29, 0.717) is 0 Å². The molecule has 65 valence electrons. The van der Waals surface area contributed by atoms with Crippen LogP contribution in [-0.4, -0.2) is 6.10 Å². The number of halogens is 1. The summed E-state index contributed by atoms with van der Waals surface area (Å²) >= 11 is 5.71. The molecule has 1 aromatic rings. The smallest absolute Gasteiger partial charge is 0.119 e. The molecule has 0 aliphatic carbocycles. The number of hydrogen-bond donors (Lipinski definition) is 0. The molecule has 0 aliphatic heterocycles. The third-order valence-electron chi connectivity index (χ3n) is 1.57. The van der Waals surface area contributed by atoms with E-state index >= 15 is 0 Å². The van der Waals surface area contributed by atoms with Gasteiger partial charge in [0.15, 0.2) is 0 Å². The molecule has 0 fully saturated rings. The summed E-state index contributed by atoms with van der Waals surface area (Å²) in [6, 6.07) is 7.30. The fourth-order valence-electron chi connectivity index (χ4n) is 0.789. The molecule has 1 atom stereocenters. The van der Waals surface area contributed by atoms with Crippen molar-refractivity contribution in [1.29, 1.82) is 0 Å². The second-order valence-corrected chi connectivity index (χ2v) is 3.04. The molecule has 1 nitrogen and oxygen atoms in total. The Hall–Kier alpha value is -0.690. The zero-order valence-corrected chi connectivity index (χ0v) is 7.84. The third kappa shape index (κ3) is 2.74. The highest BCUT2D eigenvalue weighted by Gasteiger charge is 1.99. The van der Waals surface area contributed by atoms with E-state index in [1.54, 1.807) is 12.1 Å². The predicted octanol–water partition coefficient (Wildman–Crippen LogP) is 3.33. The van der Waals surface area contributed by atoms with Crippen LogP contribution in [0.2, 0.25) is 5.02 Å². The van der Waals surface area contributed by atoms with E-state index < -0.39 is 0 Å². The van der Waals surface area contributed by atoms with Crippen molar-refractivity contribution in [2.24, 2.45) is 0 Å². The normalized spacial score (nSPS) is 12.6. The molecule has 1 radical (unpaired) electrons. The zero-order chi connectivity index (χ0) is 8.97. The summed E-state index contributed by atoms with van der Waals surface area (Å²) in [5.41, 5.74) is 0. The SMILES string of the molecule is [CH2]C(CC)Oc1ccc(Cl)cc1. The Balaban J connectivity index is 2.58. The average molecular weight is 184 g/mol. The monoisotopic (exact) mass is 183 g/mol. The number of rotatable bonds is 3. The highest BCUT2D eigenvalue weighted by molar-refractivity contribution is 6.30. The summed E-state index contributed by atoms with van der Waals surface area (Å²) in [4.78, 5) is 0. The molecule has 2 heteroatoms. The van der Waals surface area contributed by atoms with Gasteiger partial charge in [0.1, 0.15) is 5.75 Å². The molecule has 0 amide bonds. The summed E-state index contributed by atoms with van der Waals surface area (Å²) in [5, 5.41) is 0.722. The average Bonchev–Trinajstić information content (AvgIpc) is 2.09. The molecule has 0 aliphatic rings. The minimum Gasteiger partial charge on any atom is -0.490 e. The van der Waals surface area contributed by atoms with E-state index in [4.69, 9.17) is 16.3 Å². The Kier molecular flexibility index (Phi) is 3.42. The zero-order valence-electron chi connectivity index (χ0n) is 7.09. The van der Waals surface area contributed by atoms with Gasteiger partial charge in [0.05, 0.1) is 6.10 Å². The van der Waals surface area contributed by atoms with Crippen LogP contribution in [0.25, 0.3) is 0 Å². The van der Waals surface area contributed by atoms with Gasteiger partial charge < -0.3 is 4.74 Å². The lowest BCUT2D eigenvalue weighted by Gasteiger charge is -2.11. The minimum absolute atomic E-state index is 0.0196. The lowest BCUT2D eigenvalue weighted by atomic mass is 10.3. The van der Waals surface area contributed by atoms with E-state index in [2.05, 4.69) is 6.92 Å². The molecular weight excluding hydrogens is 172 g/mol. The predicted molar refractivity (Wildman–Crippen MR) is 51.5 cm³/mol. The molecule has 1 unspecified atom stereocenters. The lowest BCUT2D eigenvalue weighted by molar-refractivity contribution is 0.242. The van der Waals surface area contributed by atoms with Crippen molar-refractivity contribution in [3.63, 3.8) is 0 Å². The minimum atomic E-state index is 0.0196. The summed E-state index contributed by atoms with van der Waals surface area (Å²) in [6.07, 6.45) is 0.925. The Morgan fingerprint density at radius 1 is 1.42 bits per heavy atom. The highest BCUT2D eigenvalue weighted by Crippen LogP contribution is 2.17. The Morgan fingerprint density at radius 3 is 2.50 bits per heavy atom. The van der Waals surface area contributed by atoms with Crippen LogP contribution in [0, 0.1) is 6.92 Å². The van der Waals surface area contributed by atoms with Gasteiger partial charge in [0.2, 0.25) is 0 Å². The maximum atomic E-state index is 5.71. The van der Waals surface area contributed by atoms with Crippen molar-refractivity contribution < 1.29 is 4.74 Å². The quantitative estimate of drug-likeness (QED) is 0.699. The van der Waals surface area contributed by atoms with Crippen LogP contribution in [0.4, 0.5) is 0 Å². The van der Waals surface area contributed by atoms with Gasteiger partial charge in [-0.1, -0.05) is 18.5 Å². The van der Waals surface area contributed by atoms with Gasteiger partial charge in [-0.15, -0.1) is 0 Å². The first kappa shape index (κ1) is 9.40. The van der Waals surface area contributed by atoms with E-state index in [-0.39, 0.29) is 6.10 Å². The Labute approximate surface area is 78.3 Å². The molecule has 0 aromatic heterocycles. The van der Waals surface area contributed by atoms with E-state index in [0.717, 1.165) is 17.2 Å². The molecule has 0 N–H and O–H groups in total. The number of benzene rings is 1. The first-order chi connectivity index (χ1) is 5.72. The largest absolute Gasteiger partial charge is 0.490 e. The van der Waals surface area contributed by atoms with Crippen molar-refractivity contribution in [3.05, 3.63) is 36.2 Å². The number of ether oxygens (including phenoxy) is 1. The fraction of sp³-hybridized carbons (Fsp3) is 0.300. The molecule has 0 bridgehead atoms. The third-order valence-corrected chi connectivity index (χ3v) is 1.82. The molecule has 0 spiro atoms. The van der Waals surface area contributed by atoms with E-state index in [9.17, 15) is 0 Å². The Morgan fingerprint density at radius 2 is 2.00 bits per heavy atom. The van der Waals surface area contributed by atoms with Gasteiger partial charge in [-0.3, -0.25) is 0 Å². The fourth-order valence-corrected chi connectivity index (χ4v) is 0.915. The maximum Gasteiger partial charge on any atom is 0.119 e. The topological polar surface area (TPSA) is 9.23 Å². The molecule has 1 rings (SSSR count). The summed E-state index contributed by atoms with van der Waals surface area (Å²) in [6.45, 7) is 5.85. The number of hydrogen-bond acceptors (Lipinski definition) is 1. The summed E-state index contributed by atoms with van der Waals surface area (Å²) < 4.78 is 5.45. The molecule has 0 saturated carbocycles. The molecule has 0 heterocycles. The highest BCUT2D eigenvalue weighted by atomic mass is 35.5. The van der Waals surface area contributed by atoms with Gasteiger partial charge in [0, 0.05) is 5.02 Å². The summed E-state index contributed by atoms with van der Waals surface area (Å²) in [5.74, 6) is 0.821. The van der Waals surface area contributed by atoms with Crippen LogP contribution < -0.4 is 4.74 Å². The van der Waals surface area contributed by atoms with Crippen LogP contribution >= 0.6 is 11.6 Å². The van der Waals surface area contributed by atoms with Crippen molar-refractivity contribution in [2.45, 2.75) is 19.4 Å². The van der Waals surface area contributed by atoms with Crippen molar-refractivity contribution in [2.75, 3.05) is 0 Å². The first-order valence-corrected chi connectivity index (χ1v) is 4.35. The second kappa shape index (κ2) is 4.36. The van der Waals surface area contributed by atoms with Gasteiger partial charge in [-0.05, 0) is 37.6 Å².